The molecule has 140 valence electrons. The van der Waals surface area contributed by atoms with Gasteiger partial charge >= 0.3 is 0 Å². The van der Waals surface area contributed by atoms with Gasteiger partial charge < -0.3 is 5.11 Å². The summed E-state index contributed by atoms with van der Waals surface area (Å²) in [5.41, 5.74) is 1.94. The lowest BCUT2D eigenvalue weighted by Crippen LogP contribution is -2.52. The van der Waals surface area contributed by atoms with E-state index in [4.69, 9.17) is 0 Å². The van der Waals surface area contributed by atoms with Crippen LogP contribution in [0.2, 0.25) is 0 Å². The molecule has 0 bridgehead atoms. The molecule has 3 saturated carbocycles. The van der Waals surface area contributed by atoms with Crippen LogP contribution >= 0.6 is 0 Å². The summed E-state index contributed by atoms with van der Waals surface area (Å²) in [6.07, 6.45) is 10.8. The molecule has 0 saturated heterocycles. The van der Waals surface area contributed by atoms with Gasteiger partial charge in [0.25, 0.3) is 0 Å². The molecule has 4 rings (SSSR count). The molecule has 4 aliphatic carbocycles. The molecule has 1 N–H and O–H groups in total. The number of ketones is 1. The first-order chi connectivity index (χ1) is 11.8. The highest BCUT2D eigenvalue weighted by Gasteiger charge is 2.60. The maximum absolute atomic E-state index is 12.0. The molecule has 2 heteroatoms. The van der Waals surface area contributed by atoms with E-state index >= 15 is 0 Å². The predicted octanol–water partition coefficient (Wildman–Crippen LogP) is 5.15. The van der Waals surface area contributed by atoms with Crippen LogP contribution in [0.3, 0.4) is 0 Å². The first-order valence-electron chi connectivity index (χ1n) is 10.8. The van der Waals surface area contributed by atoms with Gasteiger partial charge in [0, 0.05) is 0 Å². The van der Waals surface area contributed by atoms with Crippen molar-refractivity contribution in [1.82, 2.24) is 0 Å². The summed E-state index contributed by atoms with van der Waals surface area (Å²) in [5.74, 6) is 4.05. The Morgan fingerprint density at radius 3 is 2.60 bits per heavy atom. The summed E-state index contributed by atoms with van der Waals surface area (Å²) < 4.78 is 0. The number of aliphatic hydroxyl groups is 1. The Kier molecular flexibility index (Phi) is 4.22. The molecule has 0 radical (unpaired) electrons. The average Bonchev–Trinajstić information content (AvgIpc) is 2.88. The van der Waals surface area contributed by atoms with Crippen LogP contribution in [0, 0.1) is 40.4 Å². The van der Waals surface area contributed by atoms with Crippen LogP contribution in [0.15, 0.2) is 11.6 Å². The van der Waals surface area contributed by atoms with Crippen LogP contribution in [0.4, 0.5) is 0 Å². The fraction of sp³-hybridized carbons (Fsp3) is 0.870. The number of hydrogen-bond donors (Lipinski definition) is 1. The number of hydrogen-bond acceptors (Lipinski definition) is 2. The first-order valence-corrected chi connectivity index (χ1v) is 10.8. The van der Waals surface area contributed by atoms with Crippen molar-refractivity contribution in [2.24, 2.45) is 40.4 Å². The summed E-state index contributed by atoms with van der Waals surface area (Å²) >= 11 is 0. The van der Waals surface area contributed by atoms with Gasteiger partial charge in [0.15, 0.2) is 5.78 Å². The molecule has 3 fully saturated rings. The summed E-state index contributed by atoms with van der Waals surface area (Å²) in [6.45, 7) is 9.74. The second-order valence-electron chi connectivity index (χ2n) is 10.2. The monoisotopic (exact) mass is 344 g/mol. The van der Waals surface area contributed by atoms with Gasteiger partial charge in [-0.2, -0.15) is 0 Å². The maximum atomic E-state index is 12.0. The minimum Gasteiger partial charge on any atom is -0.385 e. The molecular weight excluding hydrogens is 308 g/mol. The molecule has 25 heavy (non-hydrogen) atoms. The zero-order valence-electron chi connectivity index (χ0n) is 16.6. The normalized spacial score (nSPS) is 52.2. The van der Waals surface area contributed by atoms with Crippen molar-refractivity contribution in [3.05, 3.63) is 11.6 Å². The van der Waals surface area contributed by atoms with Crippen LogP contribution in [0.25, 0.3) is 0 Å². The van der Waals surface area contributed by atoms with Gasteiger partial charge in [0.2, 0.25) is 0 Å². The summed E-state index contributed by atoms with van der Waals surface area (Å²) in [7, 11) is 0. The van der Waals surface area contributed by atoms with Crippen LogP contribution in [-0.2, 0) is 4.79 Å². The molecule has 0 amide bonds. The first kappa shape index (κ1) is 17.8. The Bertz CT molecular complexity index is 593. The molecule has 8 atom stereocenters. The average molecular weight is 345 g/mol. The molecule has 0 aromatic rings. The second-order valence-corrected chi connectivity index (χ2v) is 10.2. The van der Waals surface area contributed by atoms with Gasteiger partial charge in [-0.3, -0.25) is 4.79 Å². The van der Waals surface area contributed by atoms with E-state index in [1.807, 2.05) is 6.08 Å². The Labute approximate surface area is 153 Å². The molecule has 0 spiro atoms. The lowest BCUT2D eigenvalue weighted by atomic mass is 9.46. The molecular formula is C23H36O2. The fourth-order valence-corrected chi connectivity index (χ4v) is 8.09. The lowest BCUT2D eigenvalue weighted by molar-refractivity contribution is -0.128. The smallest absolute Gasteiger partial charge is 0.184 e. The lowest BCUT2D eigenvalue weighted by Gasteiger charge is -2.58. The van der Waals surface area contributed by atoms with E-state index in [1.165, 1.54) is 44.1 Å². The predicted molar refractivity (Wildman–Crippen MR) is 101 cm³/mol. The minimum absolute atomic E-state index is 0.0510. The fourth-order valence-electron chi connectivity index (χ4n) is 8.09. The molecule has 0 aromatic carbocycles. The third kappa shape index (κ3) is 2.42. The van der Waals surface area contributed by atoms with Gasteiger partial charge in [-0.25, -0.2) is 0 Å². The molecule has 2 nitrogen and oxygen atoms in total. The summed E-state index contributed by atoms with van der Waals surface area (Å²) in [4.78, 5) is 12.0. The maximum Gasteiger partial charge on any atom is 0.184 e. The summed E-state index contributed by atoms with van der Waals surface area (Å²) in [6, 6.07) is 0. The number of rotatable bonds is 2. The quantitative estimate of drug-likeness (QED) is 0.752. The van der Waals surface area contributed by atoms with E-state index in [9.17, 15) is 9.90 Å². The van der Waals surface area contributed by atoms with Crippen molar-refractivity contribution in [3.63, 3.8) is 0 Å². The van der Waals surface area contributed by atoms with E-state index in [0.29, 0.717) is 17.8 Å². The molecule has 3 unspecified atom stereocenters. The largest absolute Gasteiger partial charge is 0.385 e. The van der Waals surface area contributed by atoms with Crippen molar-refractivity contribution in [2.75, 3.05) is 0 Å². The molecule has 0 heterocycles. The van der Waals surface area contributed by atoms with Gasteiger partial charge in [-0.1, -0.05) is 46.1 Å². The SMILES string of the molecule is CCC1C[C@@]2(C)CC[C@@H]3[C@@H](CCC4=CC(=O)C(O)C[C@@]43C)[C@@H]2C1CC. The van der Waals surface area contributed by atoms with E-state index < -0.39 is 6.10 Å². The Morgan fingerprint density at radius 1 is 1.16 bits per heavy atom. The van der Waals surface area contributed by atoms with Crippen LogP contribution in [-0.4, -0.2) is 17.0 Å². The standard InChI is InChI=1S/C23H36O2/c1-5-14-12-22(3)10-9-18-17(21(22)16(14)6-2)8-7-15-11-19(24)20(25)13-23(15,18)4/h11,14,16-18,20-21,25H,5-10,12-13H2,1-4H3/t14?,16?,17-,18-,20?,21+,22-,23+/m1/s1. The van der Waals surface area contributed by atoms with Crippen LogP contribution < -0.4 is 0 Å². The molecule has 0 aliphatic heterocycles. The number of fused-ring (bicyclic) bond motifs is 5. The van der Waals surface area contributed by atoms with E-state index in [2.05, 4.69) is 27.7 Å². The zero-order chi connectivity index (χ0) is 18.0. The van der Waals surface area contributed by atoms with Crippen molar-refractivity contribution in [1.29, 1.82) is 0 Å². The van der Waals surface area contributed by atoms with Crippen molar-refractivity contribution < 1.29 is 9.90 Å². The van der Waals surface area contributed by atoms with E-state index in [0.717, 1.165) is 30.1 Å². The number of carbonyl (C=O) groups is 1. The Balaban J connectivity index is 1.71. The minimum atomic E-state index is -0.769. The van der Waals surface area contributed by atoms with Crippen LogP contribution in [0.5, 0.6) is 0 Å². The zero-order valence-corrected chi connectivity index (χ0v) is 16.6. The topological polar surface area (TPSA) is 37.3 Å². The second kappa shape index (κ2) is 5.94. The van der Waals surface area contributed by atoms with E-state index in [1.54, 1.807) is 0 Å². The van der Waals surface area contributed by atoms with E-state index in [-0.39, 0.29) is 11.2 Å². The molecule has 0 aromatic heterocycles. The van der Waals surface area contributed by atoms with Gasteiger partial charge in [0.05, 0.1) is 0 Å². The van der Waals surface area contributed by atoms with Gasteiger partial charge in [-0.05, 0) is 85.0 Å². The highest BCUT2D eigenvalue weighted by atomic mass is 16.3. The van der Waals surface area contributed by atoms with Crippen molar-refractivity contribution >= 4 is 5.78 Å². The molecule has 4 aliphatic rings. The van der Waals surface area contributed by atoms with Crippen molar-refractivity contribution in [3.8, 4) is 0 Å². The van der Waals surface area contributed by atoms with Gasteiger partial charge in [0.1, 0.15) is 6.10 Å². The number of allylic oxidation sites excluding steroid dienone is 1. The summed E-state index contributed by atoms with van der Waals surface area (Å²) in [5, 5.41) is 10.3. The highest BCUT2D eigenvalue weighted by Crippen LogP contribution is 2.68. The van der Waals surface area contributed by atoms with Crippen LogP contribution in [0.1, 0.15) is 79.1 Å². The third-order valence-corrected chi connectivity index (χ3v) is 9.16. The third-order valence-electron chi connectivity index (χ3n) is 9.16. The number of aliphatic hydroxyl groups excluding tert-OH is 1. The number of carbonyl (C=O) groups excluding carboxylic acids is 1. The Morgan fingerprint density at radius 2 is 1.92 bits per heavy atom. The van der Waals surface area contributed by atoms with Gasteiger partial charge in [-0.15, -0.1) is 0 Å². The van der Waals surface area contributed by atoms with Crippen molar-refractivity contribution in [2.45, 2.75) is 85.2 Å². The Hall–Kier alpha value is -0.630. The highest BCUT2D eigenvalue weighted by molar-refractivity contribution is 5.95.